The van der Waals surface area contributed by atoms with Gasteiger partial charge in [0, 0.05) is 44.9 Å². The number of hydrogen-bond donors (Lipinski definition) is 1. The molecule has 0 saturated carbocycles. The quantitative estimate of drug-likeness (QED) is 0.376. The first kappa shape index (κ1) is 46.8. The molecule has 3 fully saturated rings. The highest BCUT2D eigenvalue weighted by atomic mass is 16.2. The molecule has 5 heteroatoms. The summed E-state index contributed by atoms with van der Waals surface area (Å²) in [6.07, 6.45) is 4.91. The van der Waals surface area contributed by atoms with E-state index in [1.54, 1.807) is 0 Å². The summed E-state index contributed by atoms with van der Waals surface area (Å²) in [6.45, 7) is 23.2. The van der Waals surface area contributed by atoms with E-state index < -0.39 is 0 Å². The molecule has 3 saturated heterocycles. The minimum absolute atomic E-state index is 0. The first-order valence-electron chi connectivity index (χ1n) is 12.5. The van der Waals surface area contributed by atoms with Crippen LogP contribution < -0.4 is 0 Å². The van der Waals surface area contributed by atoms with Crippen LogP contribution in [0.15, 0.2) is 0 Å². The largest absolute Gasteiger partial charge is 0.400 e. The van der Waals surface area contributed by atoms with Crippen molar-refractivity contribution in [2.24, 2.45) is 17.8 Å². The van der Waals surface area contributed by atoms with Crippen LogP contribution in [0.3, 0.4) is 0 Å². The van der Waals surface area contributed by atoms with Gasteiger partial charge in [0.05, 0.1) is 0 Å². The first-order chi connectivity index (χ1) is 14.5. The van der Waals surface area contributed by atoms with Gasteiger partial charge < -0.3 is 24.6 Å². The van der Waals surface area contributed by atoms with Crippen molar-refractivity contribution in [3.8, 4) is 0 Å². The molecule has 1 N–H and O–H groups in total. The van der Waals surface area contributed by atoms with E-state index in [4.69, 9.17) is 9.90 Å². The van der Waals surface area contributed by atoms with Crippen LogP contribution >= 0.6 is 0 Å². The maximum Gasteiger partial charge on any atom is 0.116 e. The van der Waals surface area contributed by atoms with Crippen LogP contribution in [0, 0.1) is 17.8 Å². The number of likely N-dealkylation sites (tertiary alicyclic amines) is 3. The number of nitrogens with zero attached hydrogens (tertiary/aromatic N) is 3. The molecule has 0 aromatic rings. The monoisotopic (exact) mass is 494 g/mol. The summed E-state index contributed by atoms with van der Waals surface area (Å²) in [5, 5.41) is 7.00. The Labute approximate surface area is 218 Å². The molecule has 0 aliphatic carbocycles. The van der Waals surface area contributed by atoms with Crippen LogP contribution in [-0.4, -0.2) is 92.1 Å². The average molecular weight is 494 g/mol. The van der Waals surface area contributed by atoms with E-state index in [2.05, 4.69) is 77.4 Å². The van der Waals surface area contributed by atoms with Crippen molar-refractivity contribution in [1.29, 1.82) is 0 Å². The SMILES string of the molecule is C.C.C.CC.CC1C[C@@H](C)N(C)C1.CC1C[C@@H](C)N(C)C1.CC1C[C@@H](C)N(C)C1.CC=O.CO. The highest BCUT2D eigenvalue weighted by Gasteiger charge is 2.23. The number of aliphatic hydroxyl groups is 1. The van der Waals surface area contributed by atoms with Crippen molar-refractivity contribution in [3.63, 3.8) is 0 Å². The second kappa shape index (κ2) is 28.7. The molecule has 0 radical (unpaired) electrons. The molecule has 5 nitrogen and oxygen atoms in total. The Balaban J connectivity index is -0.0000000735. The molecule has 0 aromatic heterocycles. The van der Waals surface area contributed by atoms with Gasteiger partial charge >= 0.3 is 0 Å². The van der Waals surface area contributed by atoms with Crippen molar-refractivity contribution < 1.29 is 9.90 Å². The Morgan fingerprint density at radius 2 is 0.735 bits per heavy atom. The normalized spacial score (nSPS) is 29.6. The highest BCUT2D eigenvalue weighted by Crippen LogP contribution is 2.20. The average Bonchev–Trinajstić information content (AvgIpc) is 3.28. The van der Waals surface area contributed by atoms with Crippen LogP contribution in [0.25, 0.3) is 0 Å². The van der Waals surface area contributed by atoms with Crippen molar-refractivity contribution in [2.75, 3.05) is 47.9 Å². The van der Waals surface area contributed by atoms with Crippen molar-refractivity contribution in [1.82, 2.24) is 14.7 Å². The molecule has 6 atom stereocenters. The van der Waals surface area contributed by atoms with Gasteiger partial charge in [-0.2, -0.15) is 0 Å². The number of aldehydes is 1. The molecule has 3 heterocycles. The number of carbonyl (C=O) groups is 1. The summed E-state index contributed by atoms with van der Waals surface area (Å²) < 4.78 is 0. The third kappa shape index (κ3) is 23.3. The third-order valence-corrected chi connectivity index (χ3v) is 6.29. The van der Waals surface area contributed by atoms with Crippen molar-refractivity contribution in [2.45, 2.75) is 122 Å². The lowest BCUT2D eigenvalue weighted by Gasteiger charge is -2.12. The number of aliphatic hydroxyl groups excluding tert-OH is 1. The van der Waals surface area contributed by atoms with Gasteiger partial charge in [-0.1, -0.05) is 56.9 Å². The van der Waals surface area contributed by atoms with Crippen LogP contribution in [0.5, 0.6) is 0 Å². The summed E-state index contributed by atoms with van der Waals surface area (Å²) in [4.78, 5) is 16.1. The van der Waals surface area contributed by atoms with Crippen LogP contribution in [-0.2, 0) is 4.79 Å². The Morgan fingerprint density at radius 3 is 0.765 bits per heavy atom. The van der Waals surface area contributed by atoms with Gasteiger partial charge in [0.2, 0.25) is 0 Å². The maximum absolute atomic E-state index is 8.81. The van der Waals surface area contributed by atoms with Gasteiger partial charge in [-0.3, -0.25) is 0 Å². The summed E-state index contributed by atoms with van der Waals surface area (Å²) in [7, 11) is 7.61. The van der Waals surface area contributed by atoms with E-state index >= 15 is 0 Å². The van der Waals surface area contributed by atoms with E-state index in [0.29, 0.717) is 0 Å². The molecular weight excluding hydrogens is 422 g/mol. The molecule has 3 rings (SSSR count). The van der Waals surface area contributed by atoms with Crippen LogP contribution in [0.4, 0.5) is 0 Å². The zero-order valence-corrected chi connectivity index (χ0v) is 23.5. The minimum Gasteiger partial charge on any atom is -0.400 e. The van der Waals surface area contributed by atoms with Gasteiger partial charge in [-0.05, 0) is 85.9 Å². The molecule has 3 aliphatic rings. The molecule has 34 heavy (non-hydrogen) atoms. The second-order valence-electron chi connectivity index (χ2n) is 9.62. The number of carbonyl (C=O) groups excluding carboxylic acids is 1. The summed E-state index contributed by atoms with van der Waals surface area (Å²) in [5.41, 5.74) is 0. The van der Waals surface area contributed by atoms with E-state index in [0.717, 1.165) is 49.3 Å². The lowest BCUT2D eigenvalue weighted by Crippen LogP contribution is -2.21. The fourth-order valence-corrected chi connectivity index (χ4v) is 4.53. The zero-order chi connectivity index (χ0) is 25.1. The van der Waals surface area contributed by atoms with E-state index in [-0.39, 0.29) is 22.3 Å². The minimum atomic E-state index is 0. The standard InChI is InChI=1S/3C7H15N.C2H4O.C2H6.CH4O.3CH4/c3*1-6-4-7(2)8(3)5-6;1-2-3;2*1-2;;;/h3*6-7H,4-5H2,1-3H3;2H,1H3;1-2H3;2H,1H3;3*1H4/t3*6?,7-;;;;;;/m111....../s1. The van der Waals surface area contributed by atoms with Crippen LogP contribution in [0.1, 0.15) is 104 Å². The number of rotatable bonds is 0. The summed E-state index contributed by atoms with van der Waals surface area (Å²) in [6, 6.07) is 2.47. The van der Waals surface area contributed by atoms with Crippen molar-refractivity contribution in [3.05, 3.63) is 0 Å². The van der Waals surface area contributed by atoms with E-state index in [9.17, 15) is 0 Å². The van der Waals surface area contributed by atoms with Gasteiger partial charge in [-0.25, -0.2) is 0 Å². The first-order valence-corrected chi connectivity index (χ1v) is 12.5. The van der Waals surface area contributed by atoms with Gasteiger partial charge in [-0.15, -0.1) is 0 Å². The molecule has 0 spiro atoms. The molecule has 3 aliphatic heterocycles. The number of hydrogen-bond acceptors (Lipinski definition) is 5. The van der Waals surface area contributed by atoms with E-state index in [1.165, 1.54) is 45.8 Å². The predicted molar refractivity (Wildman–Crippen MR) is 159 cm³/mol. The summed E-state index contributed by atoms with van der Waals surface area (Å²) >= 11 is 0. The molecule has 0 amide bonds. The smallest absolute Gasteiger partial charge is 0.116 e. The molecule has 0 aromatic carbocycles. The molecule has 3 unspecified atom stereocenters. The molecule has 0 bridgehead atoms. The maximum atomic E-state index is 8.81. The topological polar surface area (TPSA) is 47.0 Å². The fraction of sp³-hybridized carbons (Fsp3) is 0.966. The Kier molecular flexibility index (Phi) is 39.6. The molecule has 214 valence electrons. The Bertz CT molecular complexity index is 313. The Hall–Kier alpha value is -0.490. The van der Waals surface area contributed by atoms with Gasteiger partial charge in [0.1, 0.15) is 6.29 Å². The highest BCUT2D eigenvalue weighted by molar-refractivity contribution is 5.44. The van der Waals surface area contributed by atoms with Gasteiger partial charge in [0.15, 0.2) is 0 Å². The lowest BCUT2D eigenvalue weighted by molar-refractivity contribution is -0.106. The zero-order valence-electron chi connectivity index (χ0n) is 23.5. The van der Waals surface area contributed by atoms with Crippen molar-refractivity contribution >= 4 is 6.29 Å². The Morgan fingerprint density at radius 1 is 0.588 bits per heavy atom. The lowest BCUT2D eigenvalue weighted by atomic mass is 10.1. The fourth-order valence-electron chi connectivity index (χ4n) is 4.53. The van der Waals surface area contributed by atoms with E-state index in [1.807, 2.05) is 13.8 Å². The van der Waals surface area contributed by atoms with Gasteiger partial charge in [0.25, 0.3) is 0 Å². The predicted octanol–water partition coefficient (Wildman–Crippen LogP) is 6.79. The summed E-state index contributed by atoms with van der Waals surface area (Å²) in [5.74, 6) is 2.78. The third-order valence-electron chi connectivity index (χ3n) is 6.29. The molecular formula is C29H71N3O2. The second-order valence-corrected chi connectivity index (χ2v) is 9.62. The van der Waals surface area contributed by atoms with Crippen LogP contribution in [0.2, 0.25) is 0 Å².